The lowest BCUT2D eigenvalue weighted by Crippen LogP contribution is -2.33. The van der Waals surface area contributed by atoms with Crippen LogP contribution in [0.3, 0.4) is 0 Å². The van der Waals surface area contributed by atoms with Crippen molar-refractivity contribution in [3.8, 4) is 0 Å². The van der Waals surface area contributed by atoms with Crippen LogP contribution in [0.5, 0.6) is 0 Å². The molecule has 0 atom stereocenters. The average Bonchev–Trinajstić information content (AvgIpc) is 2.42. The quantitative estimate of drug-likeness (QED) is 0.460. The van der Waals surface area contributed by atoms with Crippen LogP contribution < -0.4 is 16.0 Å². The predicted molar refractivity (Wildman–Crippen MR) is 90.9 cm³/mol. The number of aliphatic imine (C=N–C) groups is 1. The van der Waals surface area contributed by atoms with Gasteiger partial charge in [-0.2, -0.15) is 0 Å². The minimum absolute atomic E-state index is 0.602. The van der Waals surface area contributed by atoms with Crippen LogP contribution in [0.1, 0.15) is 31.2 Å². The van der Waals surface area contributed by atoms with Crippen LogP contribution in [-0.4, -0.2) is 33.1 Å². The largest absolute Gasteiger partial charge is 0.378 e. The molecule has 2 rings (SSSR count). The van der Waals surface area contributed by atoms with Gasteiger partial charge in [-0.05, 0) is 49.3 Å². The Balaban J connectivity index is 1.62. The molecule has 0 radical (unpaired) electrons. The molecule has 0 amide bonds. The Morgan fingerprint density at radius 2 is 2.00 bits per heavy atom. The van der Waals surface area contributed by atoms with E-state index in [-0.39, 0.29) is 0 Å². The summed E-state index contributed by atoms with van der Waals surface area (Å²) in [6.45, 7) is 1.78. The maximum absolute atomic E-state index is 5.87. The smallest absolute Gasteiger partial charge is 0.188 e. The van der Waals surface area contributed by atoms with E-state index in [1.807, 2.05) is 0 Å². The number of rotatable bonds is 7. The zero-order valence-electron chi connectivity index (χ0n) is 13.3. The van der Waals surface area contributed by atoms with Gasteiger partial charge in [-0.3, -0.25) is 4.99 Å². The van der Waals surface area contributed by atoms with E-state index >= 15 is 0 Å². The van der Waals surface area contributed by atoms with E-state index < -0.39 is 0 Å². The fraction of sp³-hybridized carbons (Fsp3) is 0.588. The third kappa shape index (κ3) is 5.29. The van der Waals surface area contributed by atoms with E-state index in [9.17, 15) is 0 Å². The Kier molecular flexibility index (Phi) is 5.90. The van der Waals surface area contributed by atoms with E-state index in [1.54, 1.807) is 0 Å². The summed E-state index contributed by atoms with van der Waals surface area (Å²) >= 11 is 0. The standard InChI is InChI=1S/C17H28N4/c1-21(2)16-10-8-14(9-11-16)7-4-12-19-17(18)20-13-15-5-3-6-15/h8-11,15H,3-7,12-13H2,1-2H3,(H3,18,19,20). The van der Waals surface area contributed by atoms with E-state index in [2.05, 4.69) is 53.6 Å². The maximum Gasteiger partial charge on any atom is 0.188 e. The molecule has 4 heteroatoms. The molecule has 1 aromatic carbocycles. The molecule has 0 aliphatic heterocycles. The van der Waals surface area contributed by atoms with Gasteiger partial charge in [0.15, 0.2) is 5.96 Å². The molecular weight excluding hydrogens is 260 g/mol. The number of nitrogens with one attached hydrogen (secondary N) is 1. The number of nitrogens with zero attached hydrogens (tertiary/aromatic N) is 2. The van der Waals surface area contributed by atoms with E-state index in [0.717, 1.165) is 31.8 Å². The molecule has 3 N–H and O–H groups in total. The van der Waals surface area contributed by atoms with Crippen LogP contribution in [0, 0.1) is 5.92 Å². The molecule has 0 unspecified atom stereocenters. The summed E-state index contributed by atoms with van der Waals surface area (Å²) in [7, 11) is 4.12. The first-order valence-electron chi connectivity index (χ1n) is 7.95. The van der Waals surface area contributed by atoms with Crippen molar-refractivity contribution in [1.82, 2.24) is 5.32 Å². The highest BCUT2D eigenvalue weighted by Crippen LogP contribution is 2.26. The van der Waals surface area contributed by atoms with Gasteiger partial charge >= 0.3 is 0 Å². The zero-order valence-corrected chi connectivity index (χ0v) is 13.3. The summed E-state index contributed by atoms with van der Waals surface area (Å²) in [6, 6.07) is 8.72. The lowest BCUT2D eigenvalue weighted by molar-refractivity contribution is 0.326. The molecule has 0 saturated heterocycles. The molecule has 0 heterocycles. The first-order valence-corrected chi connectivity index (χ1v) is 7.95. The number of hydrogen-bond acceptors (Lipinski definition) is 2. The van der Waals surface area contributed by atoms with E-state index in [1.165, 1.54) is 30.5 Å². The molecule has 1 aliphatic carbocycles. The van der Waals surface area contributed by atoms with Crippen molar-refractivity contribution in [2.75, 3.05) is 32.1 Å². The fourth-order valence-electron chi connectivity index (χ4n) is 2.43. The van der Waals surface area contributed by atoms with Crippen LogP contribution in [0.4, 0.5) is 5.69 Å². The highest BCUT2D eigenvalue weighted by atomic mass is 15.1. The molecule has 4 nitrogen and oxygen atoms in total. The van der Waals surface area contributed by atoms with Gasteiger partial charge < -0.3 is 16.0 Å². The summed E-state index contributed by atoms with van der Waals surface area (Å²) in [5.74, 6) is 1.38. The summed E-state index contributed by atoms with van der Waals surface area (Å²) in [5, 5.41) is 3.21. The van der Waals surface area contributed by atoms with Crippen LogP contribution in [0.2, 0.25) is 0 Å². The maximum atomic E-state index is 5.87. The van der Waals surface area contributed by atoms with Crippen molar-refractivity contribution in [2.45, 2.75) is 32.1 Å². The molecular formula is C17H28N4. The molecule has 1 aromatic rings. The summed E-state index contributed by atoms with van der Waals surface area (Å²) in [5.41, 5.74) is 8.47. The van der Waals surface area contributed by atoms with Crippen molar-refractivity contribution in [3.63, 3.8) is 0 Å². The third-order valence-electron chi connectivity index (χ3n) is 4.15. The zero-order chi connectivity index (χ0) is 15.1. The number of anilines is 1. The second kappa shape index (κ2) is 7.91. The molecule has 116 valence electrons. The van der Waals surface area contributed by atoms with Gasteiger partial charge in [-0.15, -0.1) is 0 Å². The molecule has 0 bridgehead atoms. The van der Waals surface area contributed by atoms with Gasteiger partial charge in [0.05, 0.1) is 0 Å². The number of benzene rings is 1. The Hall–Kier alpha value is -1.71. The van der Waals surface area contributed by atoms with Crippen LogP contribution in [0.15, 0.2) is 29.3 Å². The first-order chi connectivity index (χ1) is 10.1. The number of guanidine groups is 1. The van der Waals surface area contributed by atoms with Gasteiger partial charge in [-0.1, -0.05) is 18.6 Å². The third-order valence-corrected chi connectivity index (χ3v) is 4.15. The van der Waals surface area contributed by atoms with Gasteiger partial charge in [-0.25, -0.2) is 0 Å². The normalized spacial score (nSPS) is 15.6. The Morgan fingerprint density at radius 1 is 1.29 bits per heavy atom. The number of nitrogens with two attached hydrogens (primary N) is 1. The van der Waals surface area contributed by atoms with Crippen molar-refractivity contribution in [3.05, 3.63) is 29.8 Å². The lowest BCUT2D eigenvalue weighted by Gasteiger charge is -2.23. The van der Waals surface area contributed by atoms with Gasteiger partial charge in [0, 0.05) is 32.9 Å². The van der Waals surface area contributed by atoms with Crippen LogP contribution >= 0.6 is 0 Å². The fourth-order valence-corrected chi connectivity index (χ4v) is 2.43. The SMILES string of the molecule is CN(C)c1ccc(CCCNC(N)=NCC2CCC2)cc1. The van der Waals surface area contributed by atoms with Crippen LogP contribution in [0.25, 0.3) is 0 Å². The Labute approximate surface area is 128 Å². The average molecular weight is 288 g/mol. The predicted octanol–water partition coefficient (Wildman–Crippen LogP) is 2.39. The molecule has 0 spiro atoms. The molecule has 1 aliphatic rings. The van der Waals surface area contributed by atoms with E-state index in [4.69, 9.17) is 5.73 Å². The second-order valence-electron chi connectivity index (χ2n) is 6.11. The summed E-state index contributed by atoms with van der Waals surface area (Å²) < 4.78 is 0. The second-order valence-corrected chi connectivity index (χ2v) is 6.11. The Morgan fingerprint density at radius 3 is 2.57 bits per heavy atom. The minimum Gasteiger partial charge on any atom is -0.378 e. The summed E-state index contributed by atoms with van der Waals surface area (Å²) in [6.07, 6.45) is 6.14. The van der Waals surface area contributed by atoms with Gasteiger partial charge in [0.25, 0.3) is 0 Å². The molecule has 1 fully saturated rings. The first kappa shape index (κ1) is 15.7. The van der Waals surface area contributed by atoms with Gasteiger partial charge in [0.2, 0.25) is 0 Å². The molecule has 1 saturated carbocycles. The van der Waals surface area contributed by atoms with Crippen molar-refractivity contribution in [2.24, 2.45) is 16.6 Å². The number of aryl methyl sites for hydroxylation is 1. The van der Waals surface area contributed by atoms with Crippen molar-refractivity contribution >= 4 is 11.6 Å². The number of hydrogen-bond donors (Lipinski definition) is 2. The van der Waals surface area contributed by atoms with Crippen molar-refractivity contribution in [1.29, 1.82) is 0 Å². The Bertz CT molecular complexity index is 446. The molecule has 21 heavy (non-hydrogen) atoms. The topological polar surface area (TPSA) is 53.6 Å². The monoisotopic (exact) mass is 288 g/mol. The highest BCUT2D eigenvalue weighted by Gasteiger charge is 2.16. The highest BCUT2D eigenvalue weighted by molar-refractivity contribution is 5.77. The minimum atomic E-state index is 0.602. The van der Waals surface area contributed by atoms with Crippen LogP contribution in [-0.2, 0) is 6.42 Å². The van der Waals surface area contributed by atoms with Crippen molar-refractivity contribution < 1.29 is 0 Å². The molecule has 0 aromatic heterocycles. The van der Waals surface area contributed by atoms with E-state index in [0.29, 0.717) is 5.96 Å². The lowest BCUT2D eigenvalue weighted by atomic mass is 9.86. The summed E-state index contributed by atoms with van der Waals surface area (Å²) in [4.78, 5) is 6.52. The van der Waals surface area contributed by atoms with Gasteiger partial charge in [0.1, 0.15) is 0 Å².